The van der Waals surface area contributed by atoms with Crippen molar-refractivity contribution in [3.8, 4) is 0 Å². The van der Waals surface area contributed by atoms with Crippen LogP contribution in [-0.4, -0.2) is 35.7 Å². The Balaban J connectivity index is 2.14. The van der Waals surface area contributed by atoms with Crippen LogP contribution in [0.25, 0.3) is 0 Å². The second-order valence-corrected chi connectivity index (χ2v) is 6.49. The fourth-order valence-corrected chi connectivity index (χ4v) is 3.49. The Morgan fingerprint density at radius 3 is 2.81 bits per heavy atom. The minimum atomic E-state index is -0.589. The van der Waals surface area contributed by atoms with Gasteiger partial charge < -0.3 is 10.4 Å². The zero-order valence-corrected chi connectivity index (χ0v) is 13.1. The highest BCUT2D eigenvalue weighted by Gasteiger charge is 2.46. The summed E-state index contributed by atoms with van der Waals surface area (Å²) in [5.74, 6) is 0.431. The van der Waals surface area contributed by atoms with Crippen LogP contribution in [-0.2, 0) is 10.2 Å². The second-order valence-electron chi connectivity index (χ2n) is 5.58. The maximum Gasteiger partial charge on any atom is 0.230 e. The average Bonchev–Trinajstić information content (AvgIpc) is 2.38. The highest BCUT2D eigenvalue weighted by molar-refractivity contribution is 7.98. The average molecular weight is 311 g/mol. The highest BCUT2D eigenvalue weighted by atomic mass is 32.2. The largest absolute Gasteiger partial charge is 0.396 e. The summed E-state index contributed by atoms with van der Waals surface area (Å²) in [7, 11) is 0. The third-order valence-corrected chi connectivity index (χ3v) is 4.94. The van der Waals surface area contributed by atoms with Crippen molar-refractivity contribution < 1.29 is 14.3 Å². The summed E-state index contributed by atoms with van der Waals surface area (Å²) < 4.78 is 13.5. The number of halogens is 1. The number of nitrogens with one attached hydrogen (secondary N) is 1. The number of benzene rings is 1. The topological polar surface area (TPSA) is 49.3 Å². The predicted octanol–water partition coefficient (Wildman–Crippen LogP) is 2.48. The molecule has 116 valence electrons. The molecule has 0 bridgehead atoms. The van der Waals surface area contributed by atoms with Gasteiger partial charge in [0, 0.05) is 18.4 Å². The van der Waals surface area contributed by atoms with Crippen molar-refractivity contribution in [3.63, 3.8) is 0 Å². The Labute approximate surface area is 129 Å². The van der Waals surface area contributed by atoms with Crippen molar-refractivity contribution >= 4 is 17.7 Å². The van der Waals surface area contributed by atoms with E-state index in [2.05, 4.69) is 5.32 Å². The summed E-state index contributed by atoms with van der Waals surface area (Å²) >= 11 is 1.64. The third kappa shape index (κ3) is 3.58. The molecule has 2 N–H and O–H groups in total. The van der Waals surface area contributed by atoms with Crippen molar-refractivity contribution in [2.24, 2.45) is 0 Å². The summed E-state index contributed by atoms with van der Waals surface area (Å²) in [6, 6.07) is 6.32. The molecule has 1 unspecified atom stereocenters. The number of rotatable bonds is 7. The van der Waals surface area contributed by atoms with Gasteiger partial charge in [-0.2, -0.15) is 11.8 Å². The molecule has 5 heteroatoms. The molecule has 2 rings (SSSR count). The van der Waals surface area contributed by atoms with Crippen LogP contribution in [0.2, 0.25) is 0 Å². The molecule has 21 heavy (non-hydrogen) atoms. The molecule has 3 nitrogen and oxygen atoms in total. The quantitative estimate of drug-likeness (QED) is 0.813. The molecule has 1 fully saturated rings. The minimum absolute atomic E-state index is 0.0353. The zero-order chi connectivity index (χ0) is 15.3. The molecule has 0 spiro atoms. The van der Waals surface area contributed by atoms with E-state index in [9.17, 15) is 9.18 Å². The molecule has 0 aliphatic heterocycles. The van der Waals surface area contributed by atoms with Crippen LogP contribution in [0.3, 0.4) is 0 Å². The van der Waals surface area contributed by atoms with E-state index in [-0.39, 0.29) is 24.4 Å². The number of carbonyl (C=O) groups is 1. The summed E-state index contributed by atoms with van der Waals surface area (Å²) in [6.07, 6.45) is 5.02. The maximum atomic E-state index is 13.5. The van der Waals surface area contributed by atoms with E-state index in [1.165, 1.54) is 12.1 Å². The molecule has 1 amide bonds. The van der Waals surface area contributed by atoms with Crippen LogP contribution in [0.1, 0.15) is 31.2 Å². The van der Waals surface area contributed by atoms with Crippen LogP contribution in [0.15, 0.2) is 24.3 Å². The van der Waals surface area contributed by atoms with E-state index in [0.717, 1.165) is 30.6 Å². The summed E-state index contributed by atoms with van der Waals surface area (Å²) in [4.78, 5) is 12.7. The zero-order valence-electron chi connectivity index (χ0n) is 12.3. The number of aliphatic hydroxyl groups is 1. The first kappa shape index (κ1) is 16.3. The lowest BCUT2D eigenvalue weighted by atomic mass is 9.63. The van der Waals surface area contributed by atoms with Gasteiger partial charge in [-0.15, -0.1) is 0 Å². The lowest BCUT2D eigenvalue weighted by Crippen LogP contribution is -2.52. The van der Waals surface area contributed by atoms with Gasteiger partial charge in [0.05, 0.1) is 5.41 Å². The molecule has 1 saturated carbocycles. The summed E-state index contributed by atoms with van der Waals surface area (Å²) in [6.45, 7) is 0.0540. The summed E-state index contributed by atoms with van der Waals surface area (Å²) in [5.41, 5.74) is 0.173. The van der Waals surface area contributed by atoms with E-state index in [1.54, 1.807) is 17.8 Å². The molecule has 1 aliphatic rings. The normalized spacial score (nSPS) is 17.9. The third-order valence-electron chi connectivity index (χ3n) is 4.20. The number of hydrogen-bond donors (Lipinski definition) is 2. The Morgan fingerprint density at radius 1 is 1.52 bits per heavy atom. The first-order valence-electron chi connectivity index (χ1n) is 7.29. The van der Waals surface area contributed by atoms with Gasteiger partial charge in [-0.05, 0) is 43.2 Å². The first-order chi connectivity index (χ1) is 10.1. The van der Waals surface area contributed by atoms with Gasteiger partial charge in [0.2, 0.25) is 5.91 Å². The number of aliphatic hydroxyl groups excluding tert-OH is 1. The van der Waals surface area contributed by atoms with E-state index in [0.29, 0.717) is 6.42 Å². The lowest BCUT2D eigenvalue weighted by molar-refractivity contribution is -0.130. The van der Waals surface area contributed by atoms with Crippen molar-refractivity contribution in [2.45, 2.75) is 37.1 Å². The first-order valence-corrected chi connectivity index (χ1v) is 8.68. The predicted molar refractivity (Wildman–Crippen MR) is 83.9 cm³/mol. The standard InChI is InChI=1S/C16H22FNO2S/c1-21-11-14(6-9-19)18-15(20)16(7-3-8-16)12-4-2-5-13(17)10-12/h2,4-5,10,14,19H,3,6-9,11H2,1H3,(H,18,20). The van der Waals surface area contributed by atoms with Gasteiger partial charge in [0.15, 0.2) is 0 Å². The van der Waals surface area contributed by atoms with Crippen LogP contribution >= 0.6 is 11.8 Å². The monoisotopic (exact) mass is 311 g/mol. The smallest absolute Gasteiger partial charge is 0.230 e. The molecule has 0 radical (unpaired) electrons. The number of thioether (sulfide) groups is 1. The van der Waals surface area contributed by atoms with Gasteiger partial charge in [0.1, 0.15) is 5.82 Å². The number of carbonyl (C=O) groups excluding carboxylic acids is 1. The van der Waals surface area contributed by atoms with Crippen molar-refractivity contribution in [2.75, 3.05) is 18.6 Å². The molecular weight excluding hydrogens is 289 g/mol. The molecule has 0 saturated heterocycles. The highest BCUT2D eigenvalue weighted by Crippen LogP contribution is 2.44. The minimum Gasteiger partial charge on any atom is -0.396 e. The van der Waals surface area contributed by atoms with Crippen molar-refractivity contribution in [3.05, 3.63) is 35.6 Å². The molecule has 1 aromatic carbocycles. The van der Waals surface area contributed by atoms with Gasteiger partial charge in [-0.25, -0.2) is 4.39 Å². The second kappa shape index (κ2) is 7.27. The Morgan fingerprint density at radius 2 is 2.29 bits per heavy atom. The van der Waals surface area contributed by atoms with Gasteiger partial charge >= 0.3 is 0 Å². The molecule has 0 aromatic heterocycles. The molecule has 1 aromatic rings. The lowest BCUT2D eigenvalue weighted by Gasteiger charge is -2.41. The van der Waals surface area contributed by atoms with Gasteiger partial charge in [-0.3, -0.25) is 4.79 Å². The summed E-state index contributed by atoms with van der Waals surface area (Å²) in [5, 5.41) is 12.1. The van der Waals surface area contributed by atoms with Crippen LogP contribution in [0.5, 0.6) is 0 Å². The van der Waals surface area contributed by atoms with E-state index < -0.39 is 5.41 Å². The maximum absolute atomic E-state index is 13.5. The Kier molecular flexibility index (Phi) is 5.65. The fraction of sp³-hybridized carbons (Fsp3) is 0.562. The Hall–Kier alpha value is -1.07. The number of hydrogen-bond acceptors (Lipinski definition) is 3. The number of amides is 1. The van der Waals surface area contributed by atoms with Crippen LogP contribution in [0, 0.1) is 5.82 Å². The Bertz CT molecular complexity index is 485. The molecule has 1 atom stereocenters. The van der Waals surface area contributed by atoms with Gasteiger partial charge in [-0.1, -0.05) is 18.6 Å². The van der Waals surface area contributed by atoms with Crippen LogP contribution < -0.4 is 5.32 Å². The van der Waals surface area contributed by atoms with E-state index in [1.807, 2.05) is 12.3 Å². The molecule has 0 heterocycles. The van der Waals surface area contributed by atoms with Crippen molar-refractivity contribution in [1.29, 1.82) is 0 Å². The van der Waals surface area contributed by atoms with E-state index >= 15 is 0 Å². The SMILES string of the molecule is CSCC(CCO)NC(=O)C1(c2cccc(F)c2)CCC1. The van der Waals surface area contributed by atoms with Crippen molar-refractivity contribution in [1.82, 2.24) is 5.32 Å². The molecule has 1 aliphatic carbocycles. The van der Waals surface area contributed by atoms with Crippen LogP contribution in [0.4, 0.5) is 4.39 Å². The molecular formula is C16H22FNO2S. The van der Waals surface area contributed by atoms with Gasteiger partial charge in [0.25, 0.3) is 0 Å². The van der Waals surface area contributed by atoms with E-state index in [4.69, 9.17) is 5.11 Å². The fourth-order valence-electron chi connectivity index (χ4n) is 2.84.